The van der Waals surface area contributed by atoms with Crippen LogP contribution in [-0.2, 0) is 0 Å². The molecule has 174 valence electrons. The minimum absolute atomic E-state index is 0.216. The molecular weight excluding hydrogens is 497 g/mol. The summed E-state index contributed by atoms with van der Waals surface area (Å²) in [6.07, 6.45) is 0. The van der Waals surface area contributed by atoms with Crippen LogP contribution in [-0.4, -0.2) is 35.9 Å². The maximum Gasteiger partial charge on any atom is 0.258 e. The number of nitrogens with zero attached hydrogens (tertiary/aromatic N) is 2. The van der Waals surface area contributed by atoms with Crippen LogP contribution in [0.5, 0.6) is 0 Å². The fourth-order valence-corrected chi connectivity index (χ4v) is 3.91. The van der Waals surface area contributed by atoms with Crippen molar-refractivity contribution in [3.8, 4) is 0 Å². The molecule has 0 saturated carbocycles. The van der Waals surface area contributed by atoms with E-state index in [1.165, 1.54) is 6.07 Å². The molecule has 0 radical (unpaired) electrons. The molecule has 1 heterocycles. The third-order valence-electron chi connectivity index (χ3n) is 5.19. The fraction of sp³-hybridized carbons (Fsp3) is 0.125. The Morgan fingerprint density at radius 1 is 0.912 bits per heavy atom. The third kappa shape index (κ3) is 4.82. The van der Waals surface area contributed by atoms with E-state index in [4.69, 9.17) is 34.8 Å². The second-order valence-electron chi connectivity index (χ2n) is 7.82. The number of carbonyl (C=O) groups excluding carboxylic acids is 2. The van der Waals surface area contributed by atoms with Crippen LogP contribution in [0.1, 0.15) is 26.3 Å². The van der Waals surface area contributed by atoms with Gasteiger partial charge in [-0.3, -0.25) is 9.59 Å². The summed E-state index contributed by atoms with van der Waals surface area (Å²) in [4.78, 5) is 35.7. The van der Waals surface area contributed by atoms with E-state index in [1.54, 1.807) is 47.4 Å². The number of aromatic nitrogens is 2. The first-order valence-electron chi connectivity index (χ1n) is 10.2. The normalized spacial score (nSPS) is 10.9. The van der Waals surface area contributed by atoms with Crippen molar-refractivity contribution in [2.45, 2.75) is 6.92 Å². The van der Waals surface area contributed by atoms with Crippen molar-refractivity contribution >= 4 is 75.0 Å². The van der Waals surface area contributed by atoms with E-state index in [9.17, 15) is 9.59 Å². The molecule has 0 atom stereocenters. The lowest BCUT2D eigenvalue weighted by Gasteiger charge is -2.12. The summed E-state index contributed by atoms with van der Waals surface area (Å²) in [6, 6.07) is 13.2. The van der Waals surface area contributed by atoms with Crippen LogP contribution in [0.3, 0.4) is 0 Å². The van der Waals surface area contributed by atoms with E-state index in [-0.39, 0.29) is 16.1 Å². The van der Waals surface area contributed by atoms with Gasteiger partial charge in [0.2, 0.25) is 5.95 Å². The van der Waals surface area contributed by atoms with Crippen LogP contribution in [0.2, 0.25) is 15.1 Å². The van der Waals surface area contributed by atoms with E-state index in [1.807, 2.05) is 21.0 Å². The molecule has 0 aliphatic rings. The number of H-pyrrole nitrogens is 1. The number of nitrogens with one attached hydrogen (secondary N) is 3. The van der Waals surface area contributed by atoms with E-state index >= 15 is 0 Å². The highest BCUT2D eigenvalue weighted by atomic mass is 35.5. The molecule has 1 aromatic heterocycles. The van der Waals surface area contributed by atoms with E-state index in [0.29, 0.717) is 38.4 Å². The molecule has 4 aromatic rings. The number of fused-ring (bicyclic) bond motifs is 1. The minimum atomic E-state index is -0.462. The van der Waals surface area contributed by atoms with Crippen LogP contribution in [0.4, 0.5) is 17.3 Å². The van der Waals surface area contributed by atoms with Gasteiger partial charge in [0.25, 0.3) is 11.8 Å². The molecular formula is C24H20Cl3N5O2. The van der Waals surface area contributed by atoms with E-state index < -0.39 is 11.8 Å². The standard InChI is InChI=1S/C24H20Cl3N5O2/c1-12-17(26)5-4-6-19(12)29-23(34)16-10-14(11-20-21(16)31-24(30-20)32(2)3)28-22(33)15-9-13(25)7-8-18(15)27/h4-11H,1-3H3,(H,28,33)(H,29,34)(H,30,31). The summed E-state index contributed by atoms with van der Waals surface area (Å²) in [5, 5.41) is 6.85. The summed E-state index contributed by atoms with van der Waals surface area (Å²) in [6.45, 7) is 1.82. The van der Waals surface area contributed by atoms with Gasteiger partial charge in [-0.05, 0) is 55.0 Å². The van der Waals surface area contributed by atoms with E-state index in [0.717, 1.165) is 5.56 Å². The lowest BCUT2D eigenvalue weighted by atomic mass is 10.1. The molecule has 7 nitrogen and oxygen atoms in total. The third-order valence-corrected chi connectivity index (χ3v) is 6.16. The predicted octanol–water partition coefficient (Wildman–Crippen LogP) is 6.40. The monoisotopic (exact) mass is 515 g/mol. The first-order valence-corrected chi connectivity index (χ1v) is 11.3. The Balaban J connectivity index is 1.75. The summed E-state index contributed by atoms with van der Waals surface area (Å²) in [5.74, 6) is -0.301. The molecule has 10 heteroatoms. The zero-order valence-electron chi connectivity index (χ0n) is 18.5. The van der Waals surface area contributed by atoms with Gasteiger partial charge in [0.1, 0.15) is 5.52 Å². The van der Waals surface area contributed by atoms with Gasteiger partial charge in [0.15, 0.2) is 0 Å². The van der Waals surface area contributed by atoms with Crippen molar-refractivity contribution in [1.82, 2.24) is 9.97 Å². The number of benzene rings is 3. The smallest absolute Gasteiger partial charge is 0.258 e. The fourth-order valence-electron chi connectivity index (χ4n) is 3.36. The van der Waals surface area contributed by atoms with E-state index in [2.05, 4.69) is 20.6 Å². The molecule has 0 saturated heterocycles. The molecule has 3 N–H and O–H groups in total. The number of aromatic amines is 1. The first-order chi connectivity index (χ1) is 16.1. The topological polar surface area (TPSA) is 90.1 Å². The maximum atomic E-state index is 13.3. The molecule has 0 spiro atoms. The summed E-state index contributed by atoms with van der Waals surface area (Å²) in [5.41, 5.74) is 3.22. The number of hydrogen-bond acceptors (Lipinski definition) is 4. The Morgan fingerprint density at radius 3 is 2.38 bits per heavy atom. The SMILES string of the molecule is Cc1c(Cl)cccc1NC(=O)c1cc(NC(=O)c2cc(Cl)ccc2Cl)cc2[nH]c(N(C)C)nc12. The Bertz CT molecular complexity index is 1430. The van der Waals surface area contributed by atoms with Gasteiger partial charge in [-0.25, -0.2) is 4.98 Å². The van der Waals surface area contributed by atoms with Crippen LogP contribution in [0.25, 0.3) is 11.0 Å². The quantitative estimate of drug-likeness (QED) is 0.286. The molecule has 2 amide bonds. The molecule has 3 aromatic carbocycles. The van der Waals surface area contributed by atoms with Crippen molar-refractivity contribution in [3.63, 3.8) is 0 Å². The van der Waals surface area contributed by atoms with Crippen LogP contribution < -0.4 is 15.5 Å². The number of carbonyl (C=O) groups is 2. The van der Waals surface area contributed by atoms with Gasteiger partial charge < -0.3 is 20.5 Å². The molecule has 4 rings (SSSR count). The first kappa shape index (κ1) is 23.9. The number of hydrogen-bond donors (Lipinski definition) is 3. The summed E-state index contributed by atoms with van der Waals surface area (Å²) < 4.78 is 0. The van der Waals surface area contributed by atoms with Crippen molar-refractivity contribution < 1.29 is 9.59 Å². The number of rotatable bonds is 5. The largest absolute Gasteiger partial charge is 0.349 e. The predicted molar refractivity (Wildman–Crippen MR) is 139 cm³/mol. The maximum absolute atomic E-state index is 13.3. The van der Waals surface area contributed by atoms with Gasteiger partial charge in [-0.2, -0.15) is 0 Å². The Morgan fingerprint density at radius 2 is 1.65 bits per heavy atom. The van der Waals surface area contributed by atoms with Gasteiger partial charge in [0.05, 0.1) is 21.7 Å². The average molecular weight is 517 g/mol. The highest BCUT2D eigenvalue weighted by Crippen LogP contribution is 2.29. The second-order valence-corrected chi connectivity index (χ2v) is 9.07. The zero-order valence-corrected chi connectivity index (χ0v) is 20.7. The number of anilines is 3. The van der Waals surface area contributed by atoms with Gasteiger partial charge in [-0.1, -0.05) is 40.9 Å². The zero-order chi connectivity index (χ0) is 24.6. The average Bonchev–Trinajstić information content (AvgIpc) is 3.22. The molecule has 34 heavy (non-hydrogen) atoms. The van der Waals surface area contributed by atoms with Crippen molar-refractivity contribution in [1.29, 1.82) is 0 Å². The molecule has 0 aliphatic heterocycles. The van der Waals surface area contributed by atoms with Crippen LogP contribution >= 0.6 is 34.8 Å². The lowest BCUT2D eigenvalue weighted by Crippen LogP contribution is -2.16. The lowest BCUT2D eigenvalue weighted by molar-refractivity contribution is 0.101. The van der Waals surface area contributed by atoms with Crippen LogP contribution in [0, 0.1) is 6.92 Å². The van der Waals surface area contributed by atoms with Gasteiger partial charge in [0, 0.05) is 35.5 Å². The number of imidazole rings is 1. The van der Waals surface area contributed by atoms with Crippen molar-refractivity contribution in [2.75, 3.05) is 29.6 Å². The molecule has 0 bridgehead atoms. The van der Waals surface area contributed by atoms with Crippen molar-refractivity contribution in [2.24, 2.45) is 0 Å². The Hall–Kier alpha value is -3.26. The highest BCUT2D eigenvalue weighted by Gasteiger charge is 2.19. The Labute approximate surface area is 211 Å². The second kappa shape index (κ2) is 9.54. The summed E-state index contributed by atoms with van der Waals surface area (Å²) >= 11 is 18.4. The Kier molecular flexibility index (Phi) is 6.70. The summed E-state index contributed by atoms with van der Waals surface area (Å²) in [7, 11) is 3.66. The number of halogens is 3. The van der Waals surface area contributed by atoms with Crippen LogP contribution in [0.15, 0.2) is 48.5 Å². The molecule has 0 unspecified atom stereocenters. The molecule has 0 fully saturated rings. The number of amides is 2. The van der Waals surface area contributed by atoms with Gasteiger partial charge >= 0.3 is 0 Å². The highest BCUT2D eigenvalue weighted by molar-refractivity contribution is 6.36. The van der Waals surface area contributed by atoms with Crippen molar-refractivity contribution in [3.05, 3.63) is 80.3 Å². The minimum Gasteiger partial charge on any atom is -0.349 e. The van der Waals surface area contributed by atoms with Gasteiger partial charge in [-0.15, -0.1) is 0 Å². The molecule has 0 aliphatic carbocycles.